The molecule has 0 heterocycles. The predicted molar refractivity (Wildman–Crippen MR) is 89.8 cm³/mol. The van der Waals surface area contributed by atoms with E-state index in [2.05, 4.69) is 23.8 Å². The van der Waals surface area contributed by atoms with E-state index >= 15 is 0 Å². The van der Waals surface area contributed by atoms with Crippen LogP contribution in [0.3, 0.4) is 0 Å². The fourth-order valence-electron chi connectivity index (χ4n) is 3.22. The number of hydrogen-bond donors (Lipinski definition) is 0. The van der Waals surface area contributed by atoms with Crippen LogP contribution in [0.15, 0.2) is 58.5 Å². The summed E-state index contributed by atoms with van der Waals surface area (Å²) >= 11 is 0. The van der Waals surface area contributed by atoms with E-state index in [-0.39, 0.29) is 0 Å². The third kappa shape index (κ3) is 3.04. The molecule has 0 saturated carbocycles. The summed E-state index contributed by atoms with van der Waals surface area (Å²) in [5, 5.41) is 0. The highest BCUT2D eigenvalue weighted by atomic mass is 16.1. The molecular weight excluding hydrogens is 288 g/mol. The van der Waals surface area contributed by atoms with E-state index in [0.717, 1.165) is 24.0 Å². The molecule has 0 radical (unpaired) electrons. The molecule has 2 aromatic carbocycles. The first-order valence-corrected chi connectivity index (χ1v) is 7.58. The third-order valence-corrected chi connectivity index (χ3v) is 4.36. The van der Waals surface area contributed by atoms with Gasteiger partial charge in [-0.1, -0.05) is 50.2 Å². The second-order valence-electron chi connectivity index (χ2n) is 5.23. The highest BCUT2D eigenvalue weighted by Gasteiger charge is 2.35. The van der Waals surface area contributed by atoms with Crippen LogP contribution in [0.4, 0.5) is 11.4 Å². The maximum Gasteiger partial charge on any atom is 0.240 e. The van der Waals surface area contributed by atoms with Crippen LogP contribution in [0.1, 0.15) is 37.8 Å². The first-order chi connectivity index (χ1) is 11.2. The van der Waals surface area contributed by atoms with Crippen LogP contribution >= 0.6 is 0 Å². The Morgan fingerprint density at radius 1 is 0.826 bits per heavy atom. The smallest absolute Gasteiger partial charge is 0.211 e. The summed E-state index contributed by atoms with van der Waals surface area (Å²) in [6, 6.07) is 15.2. The minimum Gasteiger partial charge on any atom is -0.211 e. The van der Waals surface area contributed by atoms with Crippen LogP contribution in [-0.2, 0) is 15.0 Å². The van der Waals surface area contributed by atoms with Crippen LogP contribution in [0.25, 0.3) is 0 Å². The molecule has 2 rings (SSSR count). The van der Waals surface area contributed by atoms with Crippen molar-refractivity contribution >= 4 is 23.5 Å². The number of hydrogen-bond acceptors (Lipinski definition) is 4. The Hall–Kier alpha value is -2.80. The van der Waals surface area contributed by atoms with E-state index in [1.807, 2.05) is 30.3 Å². The van der Waals surface area contributed by atoms with E-state index in [1.165, 1.54) is 0 Å². The van der Waals surface area contributed by atoms with Gasteiger partial charge in [-0.15, -0.1) is 0 Å². The Balaban J connectivity index is 2.88. The molecule has 0 saturated heterocycles. The van der Waals surface area contributed by atoms with Gasteiger partial charge in [0.05, 0.1) is 11.4 Å². The zero-order valence-electron chi connectivity index (χ0n) is 13.2. The summed E-state index contributed by atoms with van der Waals surface area (Å²) in [4.78, 5) is 29.4. The molecular formula is C19H18N2O2. The lowest BCUT2D eigenvalue weighted by atomic mass is 9.69. The SMILES string of the molecule is CCC(CC)(c1ccccc1)c1c(N=C=O)cccc1N=C=O. The number of isocyanates is 2. The molecule has 0 unspecified atom stereocenters. The van der Waals surface area contributed by atoms with Gasteiger partial charge in [-0.2, -0.15) is 9.98 Å². The van der Waals surface area contributed by atoms with Crippen molar-refractivity contribution in [1.82, 2.24) is 0 Å². The fourth-order valence-corrected chi connectivity index (χ4v) is 3.22. The maximum atomic E-state index is 10.8. The average Bonchev–Trinajstić information content (AvgIpc) is 2.60. The normalized spacial score (nSPS) is 10.5. The van der Waals surface area contributed by atoms with E-state index in [4.69, 9.17) is 0 Å². The molecule has 0 aliphatic heterocycles. The van der Waals surface area contributed by atoms with Crippen molar-refractivity contribution < 1.29 is 9.59 Å². The van der Waals surface area contributed by atoms with Gasteiger partial charge in [-0.25, -0.2) is 9.59 Å². The summed E-state index contributed by atoms with van der Waals surface area (Å²) in [6.45, 7) is 4.15. The monoisotopic (exact) mass is 306 g/mol. The quantitative estimate of drug-likeness (QED) is 0.572. The van der Waals surface area contributed by atoms with E-state index < -0.39 is 5.41 Å². The van der Waals surface area contributed by atoms with E-state index in [0.29, 0.717) is 11.4 Å². The van der Waals surface area contributed by atoms with Gasteiger partial charge in [0, 0.05) is 11.0 Å². The van der Waals surface area contributed by atoms with Gasteiger partial charge < -0.3 is 0 Å². The van der Waals surface area contributed by atoms with Crippen molar-refractivity contribution in [3.8, 4) is 0 Å². The van der Waals surface area contributed by atoms with E-state index in [1.54, 1.807) is 30.4 Å². The molecule has 4 heteroatoms. The molecule has 0 aliphatic rings. The van der Waals surface area contributed by atoms with Gasteiger partial charge >= 0.3 is 0 Å². The molecule has 23 heavy (non-hydrogen) atoms. The molecule has 0 N–H and O–H groups in total. The molecule has 0 aliphatic carbocycles. The lowest BCUT2D eigenvalue weighted by molar-refractivity contribution is 0.480. The molecule has 2 aromatic rings. The maximum absolute atomic E-state index is 10.8. The molecule has 0 aromatic heterocycles. The summed E-state index contributed by atoms with van der Waals surface area (Å²) in [6.07, 6.45) is 4.76. The minimum atomic E-state index is -0.395. The molecule has 0 spiro atoms. The Morgan fingerprint density at radius 3 is 1.78 bits per heavy atom. The Morgan fingerprint density at radius 2 is 1.35 bits per heavy atom. The Kier molecular flexibility index (Phi) is 5.37. The van der Waals surface area contributed by atoms with Gasteiger partial charge in [0.2, 0.25) is 12.2 Å². The average molecular weight is 306 g/mol. The molecule has 0 atom stereocenters. The molecule has 0 amide bonds. The van der Waals surface area contributed by atoms with Crippen molar-refractivity contribution in [3.05, 3.63) is 59.7 Å². The third-order valence-electron chi connectivity index (χ3n) is 4.36. The van der Waals surface area contributed by atoms with Crippen LogP contribution in [-0.4, -0.2) is 12.2 Å². The van der Waals surface area contributed by atoms with Gasteiger partial charge in [-0.05, 0) is 30.5 Å². The topological polar surface area (TPSA) is 58.9 Å². The first-order valence-electron chi connectivity index (χ1n) is 7.58. The van der Waals surface area contributed by atoms with Crippen molar-refractivity contribution in [2.45, 2.75) is 32.1 Å². The van der Waals surface area contributed by atoms with Crippen molar-refractivity contribution in [2.75, 3.05) is 0 Å². The zero-order valence-corrected chi connectivity index (χ0v) is 13.2. The number of rotatable bonds is 6. The lowest BCUT2D eigenvalue weighted by Crippen LogP contribution is -2.26. The summed E-state index contributed by atoms with van der Waals surface area (Å²) in [7, 11) is 0. The molecule has 0 bridgehead atoms. The Bertz CT molecular complexity index is 731. The minimum absolute atomic E-state index is 0.395. The summed E-state index contributed by atoms with van der Waals surface area (Å²) in [5.41, 5.74) is 2.45. The van der Waals surface area contributed by atoms with Crippen LogP contribution < -0.4 is 0 Å². The fraction of sp³-hybridized carbons (Fsp3) is 0.263. The van der Waals surface area contributed by atoms with Crippen molar-refractivity contribution in [3.63, 3.8) is 0 Å². The number of aliphatic imine (C=N–C) groups is 2. The van der Waals surface area contributed by atoms with Gasteiger partial charge in [-0.3, -0.25) is 0 Å². The number of nitrogens with zero attached hydrogens (tertiary/aromatic N) is 2. The van der Waals surface area contributed by atoms with Crippen molar-refractivity contribution in [1.29, 1.82) is 0 Å². The van der Waals surface area contributed by atoms with E-state index in [9.17, 15) is 9.59 Å². The molecule has 116 valence electrons. The predicted octanol–water partition coefficient (Wildman–Crippen LogP) is 4.73. The standard InChI is InChI=1S/C19H18N2O2/c1-3-19(4-2,15-9-6-5-7-10-15)18-16(20-13-22)11-8-12-17(18)21-14-23/h5-12H,3-4H2,1-2H3. The van der Waals surface area contributed by atoms with Crippen LogP contribution in [0.5, 0.6) is 0 Å². The number of benzene rings is 2. The van der Waals surface area contributed by atoms with Crippen molar-refractivity contribution in [2.24, 2.45) is 9.98 Å². The second-order valence-corrected chi connectivity index (χ2v) is 5.23. The largest absolute Gasteiger partial charge is 0.240 e. The molecule has 4 nitrogen and oxygen atoms in total. The first kappa shape index (κ1) is 16.6. The van der Waals surface area contributed by atoms with Crippen LogP contribution in [0, 0.1) is 0 Å². The van der Waals surface area contributed by atoms with Crippen LogP contribution in [0.2, 0.25) is 0 Å². The highest BCUT2D eigenvalue weighted by molar-refractivity contribution is 5.70. The summed E-state index contributed by atoms with van der Waals surface area (Å²) in [5.74, 6) is 0. The lowest BCUT2D eigenvalue weighted by Gasteiger charge is -2.34. The Labute approximate surface area is 135 Å². The molecule has 0 fully saturated rings. The summed E-state index contributed by atoms with van der Waals surface area (Å²) < 4.78 is 0. The second kappa shape index (κ2) is 7.46. The van der Waals surface area contributed by atoms with Gasteiger partial charge in [0.15, 0.2) is 0 Å². The highest BCUT2D eigenvalue weighted by Crippen LogP contribution is 2.47. The van der Waals surface area contributed by atoms with Gasteiger partial charge in [0.1, 0.15) is 0 Å². The zero-order chi connectivity index (χ0) is 16.7. The van der Waals surface area contributed by atoms with Gasteiger partial charge in [0.25, 0.3) is 0 Å². The number of carbonyl (C=O) groups excluding carboxylic acids is 2.